The first-order valence-corrected chi connectivity index (χ1v) is 12.5. The van der Waals surface area contributed by atoms with Gasteiger partial charge in [0, 0.05) is 24.3 Å². The van der Waals surface area contributed by atoms with Gasteiger partial charge < -0.3 is 10.2 Å². The van der Waals surface area contributed by atoms with Gasteiger partial charge in [0.15, 0.2) is 0 Å². The van der Waals surface area contributed by atoms with E-state index in [0.717, 1.165) is 27.5 Å². The second kappa shape index (κ2) is 9.69. The number of benzene rings is 3. The summed E-state index contributed by atoms with van der Waals surface area (Å²) < 4.78 is 27.9. The second-order valence-corrected chi connectivity index (χ2v) is 10.2. The third kappa shape index (κ3) is 4.97. The van der Waals surface area contributed by atoms with Crippen molar-refractivity contribution in [3.63, 3.8) is 0 Å². The van der Waals surface area contributed by atoms with Crippen LogP contribution in [0.1, 0.15) is 24.0 Å². The van der Waals surface area contributed by atoms with Gasteiger partial charge in [-0.2, -0.15) is 0 Å². The van der Waals surface area contributed by atoms with Gasteiger partial charge in [-0.3, -0.25) is 13.9 Å². The Labute approximate surface area is 200 Å². The molecule has 1 aliphatic heterocycles. The smallest absolute Gasteiger partial charge is 0.264 e. The van der Waals surface area contributed by atoms with Crippen molar-refractivity contribution in [3.8, 4) is 0 Å². The number of anilines is 3. The average molecular weight is 478 g/mol. The van der Waals surface area contributed by atoms with E-state index in [0.29, 0.717) is 24.3 Å². The molecule has 34 heavy (non-hydrogen) atoms. The van der Waals surface area contributed by atoms with Crippen LogP contribution in [0.4, 0.5) is 17.1 Å². The normalized spacial score (nSPS) is 13.7. The van der Waals surface area contributed by atoms with Crippen LogP contribution in [0, 0.1) is 13.8 Å². The minimum atomic E-state index is -3.96. The largest absolute Gasteiger partial charge is 0.325 e. The standard InChI is InChI=1S/C26H27N3O4S/c1-19-10-13-23(14-11-19)34(32,33)29(22-7-4-3-5-8-22)18-25(30)27-21-12-15-24(20(2)17-21)28-16-6-9-26(28)31/h3-5,7-8,10-15,17H,6,9,16,18H2,1-2H3,(H,27,30). The third-order valence-electron chi connectivity index (χ3n) is 5.79. The van der Waals surface area contributed by atoms with E-state index in [4.69, 9.17) is 0 Å². The molecule has 176 valence electrons. The minimum Gasteiger partial charge on any atom is -0.325 e. The molecule has 0 spiro atoms. The Kier molecular flexibility index (Phi) is 6.70. The fourth-order valence-corrected chi connectivity index (χ4v) is 5.44. The maximum absolute atomic E-state index is 13.4. The predicted octanol–water partition coefficient (Wildman–Crippen LogP) is 4.26. The van der Waals surface area contributed by atoms with Crippen LogP contribution in [0.25, 0.3) is 0 Å². The van der Waals surface area contributed by atoms with Crippen molar-refractivity contribution in [3.05, 3.63) is 83.9 Å². The Morgan fingerprint density at radius 1 is 1.00 bits per heavy atom. The van der Waals surface area contributed by atoms with Gasteiger partial charge in [-0.15, -0.1) is 0 Å². The zero-order chi connectivity index (χ0) is 24.3. The topological polar surface area (TPSA) is 86.8 Å². The molecule has 2 amide bonds. The highest BCUT2D eigenvalue weighted by atomic mass is 32.2. The molecule has 7 nitrogen and oxygen atoms in total. The van der Waals surface area contributed by atoms with E-state index in [2.05, 4.69) is 5.32 Å². The van der Waals surface area contributed by atoms with Crippen LogP contribution in [-0.4, -0.2) is 33.3 Å². The number of para-hydroxylation sites is 1. The van der Waals surface area contributed by atoms with Gasteiger partial charge in [-0.25, -0.2) is 8.42 Å². The molecule has 0 unspecified atom stereocenters. The van der Waals surface area contributed by atoms with Gasteiger partial charge in [0.2, 0.25) is 11.8 Å². The van der Waals surface area contributed by atoms with Gasteiger partial charge in [0.25, 0.3) is 10.0 Å². The van der Waals surface area contributed by atoms with Crippen LogP contribution in [0.15, 0.2) is 77.7 Å². The molecule has 0 saturated carbocycles. The minimum absolute atomic E-state index is 0.0969. The molecule has 8 heteroatoms. The number of nitrogens with one attached hydrogen (secondary N) is 1. The van der Waals surface area contributed by atoms with E-state index < -0.39 is 15.9 Å². The fourth-order valence-electron chi connectivity index (χ4n) is 4.02. The SMILES string of the molecule is Cc1ccc(S(=O)(=O)N(CC(=O)Nc2ccc(N3CCCC3=O)c(C)c2)c2ccccc2)cc1. The molecule has 3 aromatic carbocycles. The van der Waals surface area contributed by atoms with E-state index in [1.165, 1.54) is 0 Å². The van der Waals surface area contributed by atoms with Crippen molar-refractivity contribution in [2.75, 3.05) is 27.6 Å². The summed E-state index contributed by atoms with van der Waals surface area (Å²) in [7, 11) is -3.96. The lowest BCUT2D eigenvalue weighted by molar-refractivity contribution is -0.117. The van der Waals surface area contributed by atoms with Crippen molar-refractivity contribution in [2.45, 2.75) is 31.6 Å². The summed E-state index contributed by atoms with van der Waals surface area (Å²) in [6, 6.07) is 20.4. The molecule has 0 radical (unpaired) electrons. The molecule has 1 saturated heterocycles. The number of amides is 2. The van der Waals surface area contributed by atoms with Crippen molar-refractivity contribution in [2.24, 2.45) is 0 Å². The maximum atomic E-state index is 13.4. The number of aryl methyl sites for hydroxylation is 2. The summed E-state index contributed by atoms with van der Waals surface area (Å²) in [6.45, 7) is 4.07. The van der Waals surface area contributed by atoms with Gasteiger partial charge in [0.05, 0.1) is 10.6 Å². The summed E-state index contributed by atoms with van der Waals surface area (Å²) in [5, 5.41) is 2.80. The maximum Gasteiger partial charge on any atom is 0.264 e. The van der Waals surface area contributed by atoms with Crippen LogP contribution in [0.5, 0.6) is 0 Å². The Bertz CT molecular complexity index is 1310. The molecular formula is C26H27N3O4S. The fraction of sp³-hybridized carbons (Fsp3) is 0.231. The molecule has 0 aromatic heterocycles. The highest BCUT2D eigenvalue weighted by Gasteiger charge is 2.27. The predicted molar refractivity (Wildman–Crippen MR) is 134 cm³/mol. The van der Waals surface area contributed by atoms with Crippen molar-refractivity contribution < 1.29 is 18.0 Å². The monoisotopic (exact) mass is 477 g/mol. The summed E-state index contributed by atoms with van der Waals surface area (Å²) >= 11 is 0. The van der Waals surface area contributed by atoms with E-state index in [-0.39, 0.29) is 17.3 Å². The molecular weight excluding hydrogens is 450 g/mol. The van der Waals surface area contributed by atoms with Crippen LogP contribution in [0.2, 0.25) is 0 Å². The Morgan fingerprint density at radius 2 is 1.71 bits per heavy atom. The number of sulfonamides is 1. The molecule has 1 aliphatic rings. The van der Waals surface area contributed by atoms with Gasteiger partial charge >= 0.3 is 0 Å². The van der Waals surface area contributed by atoms with E-state index in [1.807, 2.05) is 19.9 Å². The number of hydrogen-bond acceptors (Lipinski definition) is 4. The summed E-state index contributed by atoms with van der Waals surface area (Å²) in [4.78, 5) is 26.9. The lowest BCUT2D eigenvalue weighted by Crippen LogP contribution is -2.38. The zero-order valence-corrected chi connectivity index (χ0v) is 20.0. The van der Waals surface area contributed by atoms with Crippen LogP contribution in [-0.2, 0) is 19.6 Å². The third-order valence-corrected chi connectivity index (χ3v) is 7.57. The number of carbonyl (C=O) groups excluding carboxylic acids is 2. The van der Waals surface area contributed by atoms with Crippen molar-refractivity contribution >= 4 is 38.9 Å². The average Bonchev–Trinajstić information content (AvgIpc) is 3.24. The number of hydrogen-bond donors (Lipinski definition) is 1. The molecule has 3 aromatic rings. The lowest BCUT2D eigenvalue weighted by Gasteiger charge is -2.24. The van der Waals surface area contributed by atoms with Crippen LogP contribution < -0.4 is 14.5 Å². The van der Waals surface area contributed by atoms with E-state index in [9.17, 15) is 18.0 Å². The Balaban J connectivity index is 1.56. The molecule has 0 bridgehead atoms. The first-order valence-electron chi connectivity index (χ1n) is 11.1. The molecule has 1 N–H and O–H groups in total. The number of nitrogens with zero attached hydrogens (tertiary/aromatic N) is 2. The Hall–Kier alpha value is -3.65. The molecule has 0 atom stereocenters. The van der Waals surface area contributed by atoms with E-state index in [1.54, 1.807) is 71.6 Å². The summed E-state index contributed by atoms with van der Waals surface area (Å²) in [5.41, 5.74) is 3.57. The van der Waals surface area contributed by atoms with Crippen LogP contribution >= 0.6 is 0 Å². The number of rotatable bonds is 7. The highest BCUT2D eigenvalue weighted by Crippen LogP contribution is 2.28. The lowest BCUT2D eigenvalue weighted by atomic mass is 10.1. The Morgan fingerprint density at radius 3 is 2.32 bits per heavy atom. The van der Waals surface area contributed by atoms with Crippen molar-refractivity contribution in [1.82, 2.24) is 0 Å². The van der Waals surface area contributed by atoms with E-state index >= 15 is 0 Å². The first kappa shape index (κ1) is 23.5. The molecule has 1 heterocycles. The molecule has 4 rings (SSSR count). The van der Waals surface area contributed by atoms with Gasteiger partial charge in [0.1, 0.15) is 6.54 Å². The zero-order valence-electron chi connectivity index (χ0n) is 19.2. The van der Waals surface area contributed by atoms with Crippen molar-refractivity contribution in [1.29, 1.82) is 0 Å². The summed E-state index contributed by atoms with van der Waals surface area (Å²) in [5.74, 6) is -0.372. The highest BCUT2D eigenvalue weighted by molar-refractivity contribution is 7.92. The first-order chi connectivity index (χ1) is 16.3. The number of carbonyl (C=O) groups is 2. The molecule has 0 aliphatic carbocycles. The quantitative estimate of drug-likeness (QED) is 0.551. The summed E-state index contributed by atoms with van der Waals surface area (Å²) in [6.07, 6.45) is 1.38. The van der Waals surface area contributed by atoms with Crippen LogP contribution in [0.3, 0.4) is 0 Å². The molecule has 1 fully saturated rings. The second-order valence-electron chi connectivity index (χ2n) is 8.36. The van der Waals surface area contributed by atoms with Gasteiger partial charge in [-0.05, 0) is 68.3 Å². The van der Waals surface area contributed by atoms with Gasteiger partial charge in [-0.1, -0.05) is 35.9 Å².